The number of nitrogens with one attached hydrogen (secondary N) is 1. The molecule has 3 rings (SSSR count). The number of benzene rings is 2. The van der Waals surface area contributed by atoms with Crippen LogP contribution in [-0.4, -0.2) is 34.9 Å². The summed E-state index contributed by atoms with van der Waals surface area (Å²) in [5.74, 6) is -2.16. The summed E-state index contributed by atoms with van der Waals surface area (Å²) in [5, 5.41) is 3.22. The molecular formula is C19H16BrF2N3O3S. The van der Waals surface area contributed by atoms with E-state index in [2.05, 4.69) is 26.2 Å². The molecule has 0 aliphatic rings. The topological polar surface area (TPSA) is 73.2 Å². The van der Waals surface area contributed by atoms with E-state index in [1.165, 1.54) is 11.7 Å². The van der Waals surface area contributed by atoms with Crippen LogP contribution < -0.4 is 10.9 Å². The van der Waals surface area contributed by atoms with Gasteiger partial charge in [0.1, 0.15) is 11.6 Å². The van der Waals surface area contributed by atoms with E-state index >= 15 is 0 Å². The van der Waals surface area contributed by atoms with Gasteiger partial charge in [0.2, 0.25) is 5.91 Å². The molecule has 0 aliphatic carbocycles. The van der Waals surface area contributed by atoms with Gasteiger partial charge in [-0.15, -0.1) is 0 Å². The van der Waals surface area contributed by atoms with Crippen molar-refractivity contribution in [1.82, 2.24) is 9.55 Å². The van der Waals surface area contributed by atoms with E-state index in [-0.39, 0.29) is 23.5 Å². The highest BCUT2D eigenvalue weighted by molar-refractivity contribution is 9.10. The number of carbonyl (C=O) groups is 1. The number of fused-ring (bicyclic) bond motifs is 1. The minimum atomic E-state index is -0.788. The van der Waals surface area contributed by atoms with Gasteiger partial charge in [-0.1, -0.05) is 27.7 Å². The van der Waals surface area contributed by atoms with E-state index in [4.69, 9.17) is 4.74 Å². The Morgan fingerprint density at radius 1 is 1.24 bits per heavy atom. The lowest BCUT2D eigenvalue weighted by atomic mass is 10.2. The summed E-state index contributed by atoms with van der Waals surface area (Å²) in [6.45, 7) is 0.563. The molecule has 1 N–H and O–H groups in total. The molecule has 0 atom stereocenters. The van der Waals surface area contributed by atoms with Gasteiger partial charge in [-0.25, -0.2) is 13.8 Å². The first-order valence-electron chi connectivity index (χ1n) is 8.45. The molecule has 29 heavy (non-hydrogen) atoms. The lowest BCUT2D eigenvalue weighted by Crippen LogP contribution is -2.26. The molecule has 10 heteroatoms. The number of hydrogen-bond acceptors (Lipinski definition) is 5. The first-order valence-corrected chi connectivity index (χ1v) is 10.2. The summed E-state index contributed by atoms with van der Waals surface area (Å²) < 4.78 is 33.8. The highest BCUT2D eigenvalue weighted by Crippen LogP contribution is 2.21. The van der Waals surface area contributed by atoms with E-state index < -0.39 is 17.5 Å². The molecule has 0 spiro atoms. The van der Waals surface area contributed by atoms with Gasteiger partial charge in [-0.3, -0.25) is 14.2 Å². The van der Waals surface area contributed by atoms with Crippen LogP contribution in [0.3, 0.4) is 0 Å². The molecule has 0 fully saturated rings. The van der Waals surface area contributed by atoms with Crippen LogP contribution in [0.4, 0.5) is 14.5 Å². The fourth-order valence-corrected chi connectivity index (χ4v) is 3.80. The van der Waals surface area contributed by atoms with Crippen molar-refractivity contribution in [3.8, 4) is 0 Å². The first-order chi connectivity index (χ1) is 13.9. The third-order valence-electron chi connectivity index (χ3n) is 3.88. The van der Waals surface area contributed by atoms with Crippen molar-refractivity contribution in [3.63, 3.8) is 0 Å². The zero-order valence-electron chi connectivity index (χ0n) is 15.2. The predicted molar refractivity (Wildman–Crippen MR) is 111 cm³/mol. The van der Waals surface area contributed by atoms with Crippen molar-refractivity contribution in [1.29, 1.82) is 0 Å². The van der Waals surface area contributed by atoms with Crippen molar-refractivity contribution < 1.29 is 18.3 Å². The van der Waals surface area contributed by atoms with Crippen LogP contribution in [0.5, 0.6) is 0 Å². The van der Waals surface area contributed by atoms with E-state index in [0.717, 1.165) is 34.4 Å². The molecule has 0 saturated heterocycles. The molecule has 0 bridgehead atoms. The van der Waals surface area contributed by atoms with E-state index in [9.17, 15) is 18.4 Å². The Morgan fingerprint density at radius 2 is 1.97 bits per heavy atom. The van der Waals surface area contributed by atoms with Gasteiger partial charge in [-0.2, -0.15) is 0 Å². The normalized spacial score (nSPS) is 11.0. The van der Waals surface area contributed by atoms with Crippen molar-refractivity contribution in [2.75, 3.05) is 24.8 Å². The molecule has 0 saturated carbocycles. The van der Waals surface area contributed by atoms with Crippen LogP contribution in [0.2, 0.25) is 0 Å². The Kier molecular flexibility index (Phi) is 6.99. The molecule has 0 unspecified atom stereocenters. The minimum absolute atomic E-state index is 0.0150. The molecule has 0 radical (unpaired) electrons. The number of aromatic nitrogens is 2. The monoisotopic (exact) mass is 483 g/mol. The summed E-state index contributed by atoms with van der Waals surface area (Å²) in [6.07, 6.45) is 0. The zero-order chi connectivity index (χ0) is 21.0. The number of rotatable bonds is 7. The summed E-state index contributed by atoms with van der Waals surface area (Å²) in [7, 11) is 1.52. The molecule has 0 aliphatic heterocycles. The average molecular weight is 484 g/mol. The van der Waals surface area contributed by atoms with Gasteiger partial charge in [0.25, 0.3) is 5.56 Å². The fraction of sp³-hybridized carbons (Fsp3) is 0.211. The molecule has 2 aromatic carbocycles. The van der Waals surface area contributed by atoms with Crippen LogP contribution >= 0.6 is 27.7 Å². The second-order valence-corrected chi connectivity index (χ2v) is 7.86. The maximum atomic E-state index is 13.3. The maximum absolute atomic E-state index is 13.3. The number of thioether (sulfide) groups is 1. The van der Waals surface area contributed by atoms with Crippen LogP contribution in [0, 0.1) is 11.6 Å². The lowest BCUT2D eigenvalue weighted by Gasteiger charge is -2.13. The van der Waals surface area contributed by atoms with Crippen LogP contribution in [0.25, 0.3) is 10.9 Å². The number of methoxy groups -OCH3 is 1. The number of anilines is 1. The Bertz CT molecular complexity index is 1100. The van der Waals surface area contributed by atoms with Crippen LogP contribution in [0.15, 0.2) is 50.8 Å². The summed E-state index contributed by atoms with van der Waals surface area (Å²) in [4.78, 5) is 29.6. The van der Waals surface area contributed by atoms with E-state index in [1.807, 2.05) is 0 Å². The summed E-state index contributed by atoms with van der Waals surface area (Å²) >= 11 is 4.39. The lowest BCUT2D eigenvalue weighted by molar-refractivity contribution is -0.113. The number of nitrogens with zero attached hydrogens (tertiary/aromatic N) is 2. The highest BCUT2D eigenvalue weighted by Gasteiger charge is 2.14. The van der Waals surface area contributed by atoms with Crippen LogP contribution in [0.1, 0.15) is 0 Å². The average Bonchev–Trinajstić information content (AvgIpc) is 2.65. The zero-order valence-corrected chi connectivity index (χ0v) is 17.6. The quantitative estimate of drug-likeness (QED) is 0.408. The van der Waals surface area contributed by atoms with Gasteiger partial charge in [0.05, 0.1) is 29.8 Å². The Morgan fingerprint density at radius 3 is 2.66 bits per heavy atom. The maximum Gasteiger partial charge on any atom is 0.262 e. The number of halogens is 3. The predicted octanol–water partition coefficient (Wildman–Crippen LogP) is 3.81. The standard InChI is InChI=1S/C19H16BrF2N3O3S/c1-28-5-4-25-18(27)15-6-11(20)2-3-16(15)24-19(25)29-10-17(26)23-14-8-12(21)7-13(22)9-14/h2-3,6-9H,4-5,10H2,1H3,(H,23,26). The van der Waals surface area contributed by atoms with Gasteiger partial charge >= 0.3 is 0 Å². The van der Waals surface area contributed by atoms with Gasteiger partial charge in [0.15, 0.2) is 5.16 Å². The number of hydrogen-bond donors (Lipinski definition) is 1. The van der Waals surface area contributed by atoms with Crippen molar-refractivity contribution in [2.45, 2.75) is 11.7 Å². The van der Waals surface area contributed by atoms with Crippen molar-refractivity contribution in [2.24, 2.45) is 0 Å². The fourth-order valence-electron chi connectivity index (χ4n) is 2.62. The molecule has 3 aromatic rings. The van der Waals surface area contributed by atoms with E-state index in [0.29, 0.717) is 22.7 Å². The van der Waals surface area contributed by atoms with Gasteiger partial charge in [-0.05, 0) is 30.3 Å². The summed E-state index contributed by atoms with van der Waals surface area (Å²) in [6, 6.07) is 7.93. The molecule has 1 amide bonds. The van der Waals surface area contributed by atoms with Crippen molar-refractivity contribution >= 4 is 50.2 Å². The highest BCUT2D eigenvalue weighted by atomic mass is 79.9. The molecule has 1 aromatic heterocycles. The Labute approximate surface area is 177 Å². The Balaban J connectivity index is 1.83. The number of ether oxygens (including phenoxy) is 1. The molecule has 152 valence electrons. The SMILES string of the molecule is COCCn1c(SCC(=O)Nc2cc(F)cc(F)c2)nc2ccc(Br)cc2c1=O. The minimum Gasteiger partial charge on any atom is -0.383 e. The third-order valence-corrected chi connectivity index (χ3v) is 5.35. The number of amides is 1. The largest absolute Gasteiger partial charge is 0.383 e. The first kappa shape index (κ1) is 21.4. The van der Waals surface area contributed by atoms with Crippen LogP contribution in [-0.2, 0) is 16.1 Å². The van der Waals surface area contributed by atoms with E-state index in [1.54, 1.807) is 18.2 Å². The third kappa shape index (κ3) is 5.40. The smallest absolute Gasteiger partial charge is 0.262 e. The van der Waals surface area contributed by atoms with Gasteiger partial charge in [0, 0.05) is 23.3 Å². The van der Waals surface area contributed by atoms with Crippen molar-refractivity contribution in [3.05, 3.63) is 62.9 Å². The second kappa shape index (κ2) is 9.47. The molecule has 1 heterocycles. The second-order valence-electron chi connectivity index (χ2n) is 6.00. The van der Waals surface area contributed by atoms with Gasteiger partial charge < -0.3 is 10.1 Å². The summed E-state index contributed by atoms with van der Waals surface area (Å²) in [5.41, 5.74) is 0.270. The molecular weight excluding hydrogens is 468 g/mol. The number of carbonyl (C=O) groups excluding carboxylic acids is 1. The Hall–Kier alpha value is -2.30. The molecule has 6 nitrogen and oxygen atoms in total.